The van der Waals surface area contributed by atoms with E-state index in [1.165, 1.54) is 7.05 Å². The molecule has 0 aromatic rings. The van der Waals surface area contributed by atoms with Crippen LogP contribution in [0, 0.1) is 11.3 Å². The van der Waals surface area contributed by atoms with Crippen LogP contribution in [0.25, 0.3) is 0 Å². The summed E-state index contributed by atoms with van der Waals surface area (Å²) in [4.78, 5) is 0. The lowest BCUT2D eigenvalue weighted by atomic mass is 10.6. The lowest BCUT2D eigenvalue weighted by Gasteiger charge is -1.94. The molecule has 0 radical (unpaired) electrons. The molecule has 0 saturated heterocycles. The minimum Gasteiger partial charge on any atom is -0.218 e. The van der Waals surface area contributed by atoms with Crippen LogP contribution in [0.1, 0.15) is 6.42 Å². The van der Waals surface area contributed by atoms with Gasteiger partial charge in [0.05, 0.1) is 18.2 Å². The van der Waals surface area contributed by atoms with Gasteiger partial charge in [-0.05, 0) is 7.05 Å². The van der Waals surface area contributed by atoms with Crippen LogP contribution in [0.15, 0.2) is 0 Å². The topological polar surface area (TPSA) is 70.0 Å². The molecule has 52 valence electrons. The number of sulfonamides is 1. The molecule has 1 N–H and O–H groups in total. The van der Waals surface area contributed by atoms with E-state index in [4.69, 9.17) is 5.26 Å². The molecule has 0 spiro atoms. The summed E-state index contributed by atoms with van der Waals surface area (Å²) in [6.07, 6.45) is 0.0448. The van der Waals surface area contributed by atoms with Gasteiger partial charge in [-0.3, -0.25) is 0 Å². The molecule has 0 unspecified atom stereocenters. The zero-order chi connectivity index (χ0) is 7.33. The van der Waals surface area contributed by atoms with Crippen LogP contribution in [0.4, 0.5) is 0 Å². The van der Waals surface area contributed by atoms with Gasteiger partial charge < -0.3 is 0 Å². The number of rotatable bonds is 3. The summed E-state index contributed by atoms with van der Waals surface area (Å²) in [7, 11) is -1.83. The van der Waals surface area contributed by atoms with Crippen molar-refractivity contribution in [3.8, 4) is 6.07 Å². The maximum absolute atomic E-state index is 10.5. The predicted octanol–water partition coefficient (Wildman–Crippen LogP) is -0.551. The first-order valence-corrected chi connectivity index (χ1v) is 4.06. The van der Waals surface area contributed by atoms with Gasteiger partial charge in [0.2, 0.25) is 10.0 Å². The highest BCUT2D eigenvalue weighted by Gasteiger charge is 2.03. The number of nitriles is 1. The van der Waals surface area contributed by atoms with E-state index in [-0.39, 0.29) is 12.2 Å². The molecule has 0 aromatic heterocycles. The Labute approximate surface area is 54.5 Å². The molecule has 0 aromatic carbocycles. The van der Waals surface area contributed by atoms with Crippen molar-refractivity contribution < 1.29 is 8.42 Å². The van der Waals surface area contributed by atoms with E-state index in [0.29, 0.717) is 0 Å². The largest absolute Gasteiger partial charge is 0.218 e. The highest BCUT2D eigenvalue weighted by molar-refractivity contribution is 7.89. The third kappa shape index (κ3) is 3.94. The van der Waals surface area contributed by atoms with Gasteiger partial charge in [0, 0.05) is 0 Å². The fourth-order valence-corrected chi connectivity index (χ4v) is 0.846. The normalized spacial score (nSPS) is 10.7. The molecule has 0 aliphatic rings. The first-order chi connectivity index (χ1) is 4.12. The Morgan fingerprint density at radius 1 is 1.67 bits per heavy atom. The molecule has 4 nitrogen and oxygen atoms in total. The average molecular weight is 148 g/mol. The molecular weight excluding hydrogens is 140 g/mol. The molecule has 9 heavy (non-hydrogen) atoms. The molecule has 0 aliphatic heterocycles. The Morgan fingerprint density at radius 3 is 2.56 bits per heavy atom. The van der Waals surface area contributed by atoms with Crippen LogP contribution >= 0.6 is 0 Å². The van der Waals surface area contributed by atoms with E-state index < -0.39 is 10.0 Å². The fraction of sp³-hybridized carbons (Fsp3) is 0.750. The minimum atomic E-state index is -3.15. The summed E-state index contributed by atoms with van der Waals surface area (Å²) >= 11 is 0. The molecule has 5 heteroatoms. The van der Waals surface area contributed by atoms with Crippen molar-refractivity contribution in [1.29, 1.82) is 5.26 Å². The highest BCUT2D eigenvalue weighted by atomic mass is 32.2. The molecule has 0 fully saturated rings. The molecule has 0 rings (SSSR count). The molecule has 0 bridgehead atoms. The Morgan fingerprint density at radius 2 is 2.22 bits per heavy atom. The van der Waals surface area contributed by atoms with E-state index in [9.17, 15) is 8.42 Å². The zero-order valence-corrected chi connectivity index (χ0v) is 5.90. The quantitative estimate of drug-likeness (QED) is 0.583. The van der Waals surface area contributed by atoms with Crippen LogP contribution in [0.2, 0.25) is 0 Å². The fourth-order valence-electron chi connectivity index (χ4n) is 0.282. The Kier molecular flexibility index (Phi) is 3.20. The van der Waals surface area contributed by atoms with Gasteiger partial charge in [-0.1, -0.05) is 0 Å². The monoisotopic (exact) mass is 148 g/mol. The summed E-state index contributed by atoms with van der Waals surface area (Å²) in [5.41, 5.74) is 0. The molecule has 0 atom stereocenters. The van der Waals surface area contributed by atoms with Gasteiger partial charge in [0.1, 0.15) is 0 Å². The van der Waals surface area contributed by atoms with E-state index in [1.54, 1.807) is 6.07 Å². The highest BCUT2D eigenvalue weighted by Crippen LogP contribution is 1.84. The SMILES string of the molecule is CNS(=O)(=O)CCC#N. The number of hydrogen-bond donors (Lipinski definition) is 1. The van der Waals surface area contributed by atoms with Crippen LogP contribution < -0.4 is 4.72 Å². The Hall–Kier alpha value is -0.600. The standard InChI is InChI=1S/C4H8N2O2S/c1-6-9(7,8)4-2-3-5/h6H,2,4H2,1H3. The van der Waals surface area contributed by atoms with Crippen LogP contribution in [-0.4, -0.2) is 21.2 Å². The van der Waals surface area contributed by atoms with Crippen molar-refractivity contribution in [2.75, 3.05) is 12.8 Å². The number of nitrogens with zero attached hydrogens (tertiary/aromatic N) is 1. The molecule has 0 saturated carbocycles. The first-order valence-electron chi connectivity index (χ1n) is 2.40. The summed E-state index contributed by atoms with van der Waals surface area (Å²) in [6, 6.07) is 1.74. The predicted molar refractivity (Wildman–Crippen MR) is 33.1 cm³/mol. The van der Waals surface area contributed by atoms with Gasteiger partial charge in [0.25, 0.3) is 0 Å². The molecule has 0 aliphatic carbocycles. The van der Waals surface area contributed by atoms with Crippen LogP contribution in [-0.2, 0) is 10.0 Å². The van der Waals surface area contributed by atoms with Crippen LogP contribution in [0.3, 0.4) is 0 Å². The Bertz CT molecular complexity index is 201. The van der Waals surface area contributed by atoms with Crippen LogP contribution in [0.5, 0.6) is 0 Å². The maximum Gasteiger partial charge on any atom is 0.212 e. The minimum absolute atomic E-state index is 0.0448. The van der Waals surface area contributed by atoms with Crippen molar-refractivity contribution in [3.63, 3.8) is 0 Å². The summed E-state index contributed by atoms with van der Waals surface area (Å²) < 4.78 is 23.1. The van der Waals surface area contributed by atoms with Crippen molar-refractivity contribution in [2.24, 2.45) is 0 Å². The maximum atomic E-state index is 10.5. The van der Waals surface area contributed by atoms with Crippen molar-refractivity contribution >= 4 is 10.0 Å². The Balaban J connectivity index is 3.78. The van der Waals surface area contributed by atoms with Crippen molar-refractivity contribution in [3.05, 3.63) is 0 Å². The second-order valence-corrected chi connectivity index (χ2v) is 3.48. The summed E-state index contributed by atoms with van der Waals surface area (Å²) in [6.45, 7) is 0. The summed E-state index contributed by atoms with van der Waals surface area (Å²) in [5.74, 6) is -0.111. The van der Waals surface area contributed by atoms with E-state index in [1.807, 2.05) is 0 Å². The van der Waals surface area contributed by atoms with Crippen molar-refractivity contribution in [1.82, 2.24) is 4.72 Å². The number of hydrogen-bond acceptors (Lipinski definition) is 3. The lowest BCUT2D eigenvalue weighted by molar-refractivity contribution is 0.588. The van der Waals surface area contributed by atoms with E-state index in [2.05, 4.69) is 4.72 Å². The van der Waals surface area contributed by atoms with Gasteiger partial charge in [-0.15, -0.1) is 0 Å². The third-order valence-electron chi connectivity index (χ3n) is 0.794. The second-order valence-electron chi connectivity index (χ2n) is 1.43. The first kappa shape index (κ1) is 8.40. The van der Waals surface area contributed by atoms with Gasteiger partial charge in [0.15, 0.2) is 0 Å². The number of nitrogens with one attached hydrogen (secondary N) is 1. The van der Waals surface area contributed by atoms with Crippen molar-refractivity contribution in [2.45, 2.75) is 6.42 Å². The third-order valence-corrected chi connectivity index (χ3v) is 2.16. The van der Waals surface area contributed by atoms with Gasteiger partial charge >= 0.3 is 0 Å². The lowest BCUT2D eigenvalue weighted by Crippen LogP contribution is -2.21. The van der Waals surface area contributed by atoms with E-state index in [0.717, 1.165) is 0 Å². The van der Waals surface area contributed by atoms with Gasteiger partial charge in [-0.25, -0.2) is 13.1 Å². The molecule has 0 amide bonds. The second kappa shape index (κ2) is 3.43. The molecule has 0 heterocycles. The van der Waals surface area contributed by atoms with Gasteiger partial charge in [-0.2, -0.15) is 5.26 Å². The average Bonchev–Trinajstić information content (AvgIpc) is 1.84. The smallest absolute Gasteiger partial charge is 0.212 e. The molecular formula is C4H8N2O2S. The zero-order valence-electron chi connectivity index (χ0n) is 5.09. The summed E-state index contributed by atoms with van der Waals surface area (Å²) in [5, 5.41) is 7.98. The van der Waals surface area contributed by atoms with E-state index >= 15 is 0 Å².